The van der Waals surface area contributed by atoms with Gasteiger partial charge in [0, 0.05) is 19.3 Å². The molecule has 6 heteroatoms. The third-order valence-electron chi connectivity index (χ3n) is 11.7. The van der Waals surface area contributed by atoms with Crippen molar-refractivity contribution in [3.8, 4) is 0 Å². The second-order valence-corrected chi connectivity index (χ2v) is 18.1. The van der Waals surface area contributed by atoms with Crippen LogP contribution in [-0.4, -0.2) is 37.2 Å². The fraction of sp³-hybridized carbons (Fsp3) is 0.776. The summed E-state index contributed by atoms with van der Waals surface area (Å²) in [5.41, 5.74) is 0. The van der Waals surface area contributed by atoms with Crippen molar-refractivity contribution < 1.29 is 28.6 Å². The minimum Gasteiger partial charge on any atom is -0.462 e. The van der Waals surface area contributed by atoms with Crippen LogP contribution in [0.3, 0.4) is 0 Å². The van der Waals surface area contributed by atoms with Gasteiger partial charge in [-0.2, -0.15) is 0 Å². The quantitative estimate of drug-likeness (QED) is 0.0262. The molecule has 0 heterocycles. The van der Waals surface area contributed by atoms with Crippen molar-refractivity contribution >= 4 is 17.9 Å². The Labute approximate surface area is 396 Å². The van der Waals surface area contributed by atoms with Crippen molar-refractivity contribution in [2.45, 2.75) is 277 Å². The molecule has 0 amide bonds. The molecular weight excluding hydrogens is 793 g/mol. The van der Waals surface area contributed by atoms with Crippen LogP contribution in [0.25, 0.3) is 0 Å². The van der Waals surface area contributed by atoms with Crippen molar-refractivity contribution in [3.63, 3.8) is 0 Å². The number of ether oxygens (including phenoxy) is 3. The van der Waals surface area contributed by atoms with Gasteiger partial charge in [-0.1, -0.05) is 236 Å². The summed E-state index contributed by atoms with van der Waals surface area (Å²) in [7, 11) is 0. The molecule has 370 valence electrons. The van der Waals surface area contributed by atoms with E-state index in [9.17, 15) is 14.4 Å². The number of carbonyl (C=O) groups excluding carboxylic acids is 3. The molecule has 0 rings (SSSR count). The smallest absolute Gasteiger partial charge is 0.306 e. The summed E-state index contributed by atoms with van der Waals surface area (Å²) in [6.07, 6.45) is 65.0. The minimum absolute atomic E-state index is 0.0768. The largest absolute Gasteiger partial charge is 0.462 e. The lowest BCUT2D eigenvalue weighted by molar-refractivity contribution is -0.167. The third kappa shape index (κ3) is 50.1. The Hall–Kier alpha value is -2.89. The molecule has 0 bridgehead atoms. The van der Waals surface area contributed by atoms with Crippen LogP contribution in [0.15, 0.2) is 60.8 Å². The molecule has 0 N–H and O–H groups in total. The molecule has 0 aromatic rings. The van der Waals surface area contributed by atoms with Gasteiger partial charge < -0.3 is 14.2 Å². The molecule has 0 radical (unpaired) electrons. The first-order chi connectivity index (χ1) is 31.5. The zero-order valence-corrected chi connectivity index (χ0v) is 42.3. The van der Waals surface area contributed by atoms with Gasteiger partial charge >= 0.3 is 17.9 Å². The highest BCUT2D eigenvalue weighted by atomic mass is 16.6. The Balaban J connectivity index is 4.25. The molecule has 0 aliphatic rings. The molecule has 0 saturated heterocycles. The Kier molecular flexibility index (Phi) is 50.4. The predicted molar refractivity (Wildman–Crippen MR) is 275 cm³/mol. The van der Waals surface area contributed by atoms with E-state index >= 15 is 0 Å². The maximum absolute atomic E-state index is 12.8. The zero-order valence-electron chi connectivity index (χ0n) is 42.3. The Morgan fingerprint density at radius 1 is 0.328 bits per heavy atom. The van der Waals surface area contributed by atoms with Gasteiger partial charge in [0.25, 0.3) is 0 Å². The van der Waals surface area contributed by atoms with Crippen molar-refractivity contribution in [1.29, 1.82) is 0 Å². The lowest BCUT2D eigenvalue weighted by atomic mass is 10.0. The first kappa shape index (κ1) is 61.1. The van der Waals surface area contributed by atoms with Crippen molar-refractivity contribution in [3.05, 3.63) is 60.8 Å². The Morgan fingerprint density at radius 3 is 1.03 bits per heavy atom. The van der Waals surface area contributed by atoms with Crippen LogP contribution in [-0.2, 0) is 28.6 Å². The highest BCUT2D eigenvalue weighted by Gasteiger charge is 2.19. The number of allylic oxidation sites excluding steroid dienone is 10. The molecule has 0 aliphatic heterocycles. The van der Waals surface area contributed by atoms with Crippen molar-refractivity contribution in [2.75, 3.05) is 13.2 Å². The van der Waals surface area contributed by atoms with E-state index in [-0.39, 0.29) is 31.1 Å². The zero-order chi connectivity index (χ0) is 46.5. The summed E-state index contributed by atoms with van der Waals surface area (Å²) in [5.74, 6) is -0.884. The molecule has 0 aromatic carbocycles. The minimum atomic E-state index is -0.775. The van der Waals surface area contributed by atoms with Gasteiger partial charge in [-0.05, 0) is 77.0 Å². The monoisotopic (exact) mass is 895 g/mol. The van der Waals surface area contributed by atoms with Crippen LogP contribution in [0.4, 0.5) is 0 Å². The van der Waals surface area contributed by atoms with Crippen LogP contribution >= 0.6 is 0 Å². The normalized spacial score (nSPS) is 12.5. The van der Waals surface area contributed by atoms with Gasteiger partial charge in [0.1, 0.15) is 13.2 Å². The maximum atomic E-state index is 12.8. The number of hydrogen-bond donors (Lipinski definition) is 0. The lowest BCUT2D eigenvalue weighted by Crippen LogP contribution is -2.30. The van der Waals surface area contributed by atoms with E-state index in [1.165, 1.54) is 135 Å². The summed E-state index contributed by atoms with van der Waals surface area (Å²) in [5, 5.41) is 0. The Morgan fingerprint density at radius 2 is 0.641 bits per heavy atom. The number of unbranched alkanes of at least 4 members (excludes halogenated alkanes) is 28. The van der Waals surface area contributed by atoms with E-state index < -0.39 is 6.10 Å². The highest BCUT2D eigenvalue weighted by Crippen LogP contribution is 2.16. The van der Waals surface area contributed by atoms with E-state index in [0.717, 1.165) is 96.3 Å². The second-order valence-electron chi connectivity index (χ2n) is 18.1. The molecule has 6 nitrogen and oxygen atoms in total. The molecule has 0 fully saturated rings. The fourth-order valence-electron chi connectivity index (χ4n) is 7.67. The molecule has 0 aliphatic carbocycles. The SMILES string of the molecule is CC/C=C\C/C=C\C/C=C\C/C=C\CCCCCCCCCCCCC(=O)OCC(COC(=O)CCCCCCC/C=C\CCC)OC(=O)CCCCCCCCCCCCCCC. The molecule has 0 spiro atoms. The average Bonchev–Trinajstić information content (AvgIpc) is 3.29. The molecule has 0 saturated carbocycles. The Bertz CT molecular complexity index is 1170. The molecular formula is C58H102O6. The number of rotatable bonds is 49. The van der Waals surface area contributed by atoms with Crippen LogP contribution in [0.2, 0.25) is 0 Å². The third-order valence-corrected chi connectivity index (χ3v) is 11.7. The van der Waals surface area contributed by atoms with Gasteiger partial charge in [0.05, 0.1) is 0 Å². The standard InChI is InChI=1S/C58H102O6/c1-4-7-10-13-16-19-22-24-25-26-27-28-29-30-31-32-33-35-36-39-42-45-48-51-57(60)63-54-55(53-62-56(59)50-47-44-41-38-21-18-15-12-9-6-3)64-58(61)52-49-46-43-40-37-34-23-20-17-14-11-8-5-2/h7,10,12,15-16,19,24-25,27-28,55H,4-6,8-9,11,13-14,17-18,20-23,26,29-54H2,1-3H3/b10-7-,15-12-,19-16-,25-24-,28-27-. The fourth-order valence-corrected chi connectivity index (χ4v) is 7.67. The van der Waals surface area contributed by atoms with E-state index in [0.29, 0.717) is 19.3 Å². The number of carbonyl (C=O) groups is 3. The van der Waals surface area contributed by atoms with Crippen LogP contribution < -0.4 is 0 Å². The van der Waals surface area contributed by atoms with Gasteiger partial charge in [-0.25, -0.2) is 0 Å². The van der Waals surface area contributed by atoms with Gasteiger partial charge in [-0.3, -0.25) is 14.4 Å². The average molecular weight is 895 g/mol. The summed E-state index contributed by atoms with van der Waals surface area (Å²) in [6, 6.07) is 0. The van der Waals surface area contributed by atoms with Crippen molar-refractivity contribution in [1.82, 2.24) is 0 Å². The van der Waals surface area contributed by atoms with Gasteiger partial charge in [0.2, 0.25) is 0 Å². The maximum Gasteiger partial charge on any atom is 0.306 e. The van der Waals surface area contributed by atoms with E-state index in [4.69, 9.17) is 14.2 Å². The number of hydrogen-bond acceptors (Lipinski definition) is 6. The predicted octanol–water partition coefficient (Wildman–Crippen LogP) is 18.0. The number of esters is 3. The molecule has 1 atom stereocenters. The molecule has 64 heavy (non-hydrogen) atoms. The van der Waals surface area contributed by atoms with Gasteiger partial charge in [0.15, 0.2) is 6.10 Å². The van der Waals surface area contributed by atoms with Crippen LogP contribution in [0.5, 0.6) is 0 Å². The van der Waals surface area contributed by atoms with Crippen molar-refractivity contribution in [2.24, 2.45) is 0 Å². The summed E-state index contributed by atoms with van der Waals surface area (Å²) in [4.78, 5) is 38.0. The first-order valence-electron chi connectivity index (χ1n) is 27.3. The van der Waals surface area contributed by atoms with E-state index in [2.05, 4.69) is 81.5 Å². The molecule has 0 aromatic heterocycles. The summed E-state index contributed by atoms with van der Waals surface area (Å²) < 4.78 is 16.8. The van der Waals surface area contributed by atoms with Crippen LogP contribution in [0.1, 0.15) is 271 Å². The second kappa shape index (κ2) is 52.7. The summed E-state index contributed by atoms with van der Waals surface area (Å²) >= 11 is 0. The molecule has 1 unspecified atom stereocenters. The topological polar surface area (TPSA) is 78.9 Å². The van der Waals surface area contributed by atoms with E-state index in [1.54, 1.807) is 0 Å². The highest BCUT2D eigenvalue weighted by molar-refractivity contribution is 5.71. The van der Waals surface area contributed by atoms with Gasteiger partial charge in [-0.15, -0.1) is 0 Å². The first-order valence-corrected chi connectivity index (χ1v) is 27.3. The van der Waals surface area contributed by atoms with E-state index in [1.807, 2.05) is 0 Å². The lowest BCUT2D eigenvalue weighted by Gasteiger charge is -2.18. The summed E-state index contributed by atoms with van der Waals surface area (Å²) in [6.45, 7) is 6.47. The van der Waals surface area contributed by atoms with Crippen LogP contribution in [0, 0.1) is 0 Å².